The van der Waals surface area contributed by atoms with E-state index in [0.29, 0.717) is 6.07 Å². The lowest BCUT2D eigenvalue weighted by Gasteiger charge is -2.12. The summed E-state index contributed by atoms with van der Waals surface area (Å²) in [5.41, 5.74) is -1.65. The Morgan fingerprint density at radius 3 is 2.31 bits per heavy atom. The van der Waals surface area contributed by atoms with E-state index in [1.54, 1.807) is 0 Å². The summed E-state index contributed by atoms with van der Waals surface area (Å²) in [4.78, 5) is 22.3. The number of carbonyl (C=O) groups excluding carboxylic acids is 1. The van der Waals surface area contributed by atoms with Crippen LogP contribution in [0, 0.1) is 10.1 Å². The number of ether oxygens (including phenoxy) is 2. The molecule has 0 aliphatic rings. The van der Waals surface area contributed by atoms with Crippen molar-refractivity contribution in [3.63, 3.8) is 0 Å². The van der Waals surface area contributed by atoms with Crippen LogP contribution in [0.5, 0.6) is 11.5 Å². The molecule has 0 aliphatic carbocycles. The Balaban J connectivity index is 0.00000132. The topological polar surface area (TPSA) is 90.7 Å². The van der Waals surface area contributed by atoms with E-state index in [1.165, 1.54) is 13.2 Å². The van der Waals surface area contributed by atoms with Gasteiger partial charge in [0.2, 0.25) is 0 Å². The standard InChI is InChI=1S/C16H11ClF3NO5.C2H7N/c1-25-8-14(22)11-7-10(3-4-13(11)21(23)24)26-15-5-2-9(6-12(15)17)16(18,19)20;1-3-2/h2-7H,8H2,1H3;3H,1-2H3. The van der Waals surface area contributed by atoms with Crippen LogP contribution in [0.1, 0.15) is 15.9 Å². The SMILES string of the molecule is CNC.COCC(=O)c1cc(Oc2ccc(C(F)(F)F)cc2Cl)ccc1[N+](=O)[O-]. The lowest BCUT2D eigenvalue weighted by molar-refractivity contribution is -0.385. The predicted molar refractivity (Wildman–Crippen MR) is 101 cm³/mol. The Morgan fingerprint density at radius 2 is 1.83 bits per heavy atom. The maximum atomic E-state index is 12.6. The third-order valence-corrected chi connectivity index (χ3v) is 3.52. The van der Waals surface area contributed by atoms with E-state index in [2.05, 4.69) is 10.1 Å². The van der Waals surface area contributed by atoms with Gasteiger partial charge in [0.1, 0.15) is 23.7 Å². The van der Waals surface area contributed by atoms with E-state index in [1.807, 2.05) is 14.1 Å². The number of halogens is 4. The number of nitrogens with one attached hydrogen (secondary N) is 1. The molecule has 7 nitrogen and oxygen atoms in total. The fraction of sp³-hybridized carbons (Fsp3) is 0.278. The van der Waals surface area contributed by atoms with Gasteiger partial charge in [-0.25, -0.2) is 0 Å². The van der Waals surface area contributed by atoms with E-state index in [0.717, 1.165) is 24.3 Å². The molecule has 0 aromatic heterocycles. The molecule has 0 heterocycles. The monoisotopic (exact) mass is 434 g/mol. The van der Waals surface area contributed by atoms with Crippen molar-refractivity contribution in [3.8, 4) is 11.5 Å². The van der Waals surface area contributed by atoms with Gasteiger partial charge in [0.05, 0.1) is 15.5 Å². The fourth-order valence-electron chi connectivity index (χ4n) is 2.06. The second-order valence-electron chi connectivity index (χ2n) is 5.54. The number of nitro groups is 1. The fourth-order valence-corrected chi connectivity index (χ4v) is 2.28. The van der Waals surface area contributed by atoms with Crippen LogP contribution in [0.15, 0.2) is 36.4 Å². The minimum Gasteiger partial charge on any atom is -0.456 e. The van der Waals surface area contributed by atoms with Gasteiger partial charge < -0.3 is 14.8 Å². The average molecular weight is 435 g/mol. The van der Waals surface area contributed by atoms with Gasteiger partial charge in [-0.15, -0.1) is 0 Å². The Morgan fingerprint density at radius 1 is 1.21 bits per heavy atom. The number of hydrogen-bond acceptors (Lipinski definition) is 6. The zero-order valence-corrected chi connectivity index (χ0v) is 16.4. The first-order valence-electron chi connectivity index (χ1n) is 7.98. The van der Waals surface area contributed by atoms with Crippen LogP contribution >= 0.6 is 11.6 Å². The van der Waals surface area contributed by atoms with Gasteiger partial charge in [-0.05, 0) is 44.4 Å². The third kappa shape index (κ3) is 7.00. The molecule has 2 aromatic rings. The van der Waals surface area contributed by atoms with Crippen LogP contribution < -0.4 is 10.1 Å². The summed E-state index contributed by atoms with van der Waals surface area (Å²) in [6, 6.07) is 5.85. The van der Waals surface area contributed by atoms with E-state index < -0.39 is 28.1 Å². The first kappa shape index (κ1) is 24.3. The molecule has 0 saturated carbocycles. The highest BCUT2D eigenvalue weighted by Crippen LogP contribution is 2.37. The molecule has 0 saturated heterocycles. The molecule has 0 aliphatic heterocycles. The summed E-state index contributed by atoms with van der Waals surface area (Å²) >= 11 is 5.80. The minimum absolute atomic E-state index is 0.00304. The second kappa shape index (κ2) is 10.7. The first-order chi connectivity index (χ1) is 13.5. The molecule has 2 aromatic carbocycles. The number of nitro benzene ring substituents is 1. The zero-order valence-electron chi connectivity index (χ0n) is 15.7. The lowest BCUT2D eigenvalue weighted by Crippen LogP contribution is -2.10. The third-order valence-electron chi connectivity index (χ3n) is 3.23. The van der Waals surface area contributed by atoms with Crippen molar-refractivity contribution in [2.75, 3.05) is 27.8 Å². The van der Waals surface area contributed by atoms with Crippen LogP contribution in [-0.4, -0.2) is 38.5 Å². The van der Waals surface area contributed by atoms with Crippen LogP contribution in [0.25, 0.3) is 0 Å². The number of nitrogens with zero attached hydrogens (tertiary/aromatic N) is 1. The maximum absolute atomic E-state index is 12.6. The smallest absolute Gasteiger partial charge is 0.416 e. The molecular weight excluding hydrogens is 417 g/mol. The van der Waals surface area contributed by atoms with Gasteiger partial charge in [0.15, 0.2) is 5.78 Å². The minimum atomic E-state index is -4.56. The summed E-state index contributed by atoms with van der Waals surface area (Å²) in [5.74, 6) is -0.751. The van der Waals surface area contributed by atoms with E-state index in [-0.39, 0.29) is 28.7 Å². The molecule has 0 bridgehead atoms. The lowest BCUT2D eigenvalue weighted by atomic mass is 10.1. The molecule has 158 valence electrons. The molecule has 0 unspecified atom stereocenters. The number of alkyl halides is 3. The van der Waals surface area contributed by atoms with Crippen molar-refractivity contribution < 1.29 is 32.4 Å². The largest absolute Gasteiger partial charge is 0.456 e. The number of carbonyl (C=O) groups is 1. The van der Waals surface area contributed by atoms with E-state index >= 15 is 0 Å². The molecule has 0 fully saturated rings. The van der Waals surface area contributed by atoms with Crippen LogP contribution in [0.3, 0.4) is 0 Å². The molecule has 2 rings (SSSR count). The quantitative estimate of drug-likeness (QED) is 0.402. The first-order valence-corrected chi connectivity index (χ1v) is 8.36. The summed E-state index contributed by atoms with van der Waals surface area (Å²) in [5, 5.41) is 13.5. The number of Topliss-reactive ketones (excluding diaryl/α,β-unsaturated/α-hetero) is 1. The second-order valence-corrected chi connectivity index (χ2v) is 5.94. The summed E-state index contributed by atoms with van der Waals surface area (Å²) in [6.45, 7) is -0.384. The molecule has 0 atom stereocenters. The summed E-state index contributed by atoms with van der Waals surface area (Å²) in [6.07, 6.45) is -4.56. The van der Waals surface area contributed by atoms with Gasteiger partial charge in [0.25, 0.3) is 5.69 Å². The van der Waals surface area contributed by atoms with Crippen molar-refractivity contribution in [1.29, 1.82) is 0 Å². The molecule has 29 heavy (non-hydrogen) atoms. The number of ketones is 1. The Hall–Kier alpha value is -2.69. The maximum Gasteiger partial charge on any atom is 0.416 e. The van der Waals surface area contributed by atoms with Crippen molar-refractivity contribution in [2.24, 2.45) is 0 Å². The van der Waals surface area contributed by atoms with Crippen LogP contribution in [-0.2, 0) is 10.9 Å². The Kier molecular flexibility index (Phi) is 9.02. The average Bonchev–Trinajstić information content (AvgIpc) is 2.63. The zero-order chi connectivity index (χ0) is 22.2. The summed E-state index contributed by atoms with van der Waals surface area (Å²) in [7, 11) is 5.01. The van der Waals surface area contributed by atoms with Crippen molar-refractivity contribution in [1.82, 2.24) is 5.32 Å². The van der Waals surface area contributed by atoms with Gasteiger partial charge in [-0.2, -0.15) is 13.2 Å². The number of rotatable bonds is 6. The molecule has 0 spiro atoms. The Labute approximate surface area is 169 Å². The highest BCUT2D eigenvalue weighted by Gasteiger charge is 2.31. The van der Waals surface area contributed by atoms with Crippen molar-refractivity contribution in [2.45, 2.75) is 6.18 Å². The Bertz CT molecular complexity index is 875. The van der Waals surface area contributed by atoms with E-state index in [4.69, 9.17) is 16.3 Å². The number of methoxy groups -OCH3 is 1. The highest BCUT2D eigenvalue weighted by atomic mass is 35.5. The summed E-state index contributed by atoms with van der Waals surface area (Å²) < 4.78 is 48.0. The van der Waals surface area contributed by atoms with Gasteiger partial charge in [0, 0.05) is 13.2 Å². The predicted octanol–water partition coefficient (Wildman–Crippen LogP) is 4.72. The van der Waals surface area contributed by atoms with Crippen LogP contribution in [0.4, 0.5) is 18.9 Å². The van der Waals surface area contributed by atoms with Gasteiger partial charge in [-0.3, -0.25) is 14.9 Å². The molecule has 0 radical (unpaired) electrons. The van der Waals surface area contributed by atoms with Gasteiger partial charge in [-0.1, -0.05) is 11.6 Å². The number of hydrogen-bond donors (Lipinski definition) is 1. The van der Waals surface area contributed by atoms with Gasteiger partial charge >= 0.3 is 6.18 Å². The van der Waals surface area contributed by atoms with Crippen molar-refractivity contribution in [3.05, 3.63) is 62.7 Å². The molecule has 11 heteroatoms. The molecule has 0 amide bonds. The highest BCUT2D eigenvalue weighted by molar-refractivity contribution is 6.32. The normalized spacial score (nSPS) is 10.7. The van der Waals surface area contributed by atoms with E-state index in [9.17, 15) is 28.1 Å². The molecule has 1 N–H and O–H groups in total. The number of benzene rings is 2. The van der Waals surface area contributed by atoms with Crippen LogP contribution in [0.2, 0.25) is 5.02 Å². The van der Waals surface area contributed by atoms with Crippen molar-refractivity contribution >= 4 is 23.1 Å². The molecular formula is C18H18ClF3N2O5.